The number of fused-ring (bicyclic) bond motifs is 1. The van der Waals surface area contributed by atoms with E-state index in [0.717, 1.165) is 38.0 Å². The monoisotopic (exact) mass is 279 g/mol. The molecule has 1 saturated carbocycles. The van der Waals surface area contributed by atoms with Crippen LogP contribution < -0.4 is 5.73 Å². The predicted molar refractivity (Wildman–Crippen MR) is 73.5 cm³/mol. The molecule has 19 heavy (non-hydrogen) atoms. The molecule has 0 aromatic carbocycles. The number of nitrogens with two attached hydrogens (primary N) is 1. The van der Waals surface area contributed by atoms with E-state index in [1.54, 1.807) is 6.20 Å². The molecule has 1 aromatic rings. The van der Waals surface area contributed by atoms with Crippen LogP contribution >= 0.6 is 11.6 Å². The molecule has 4 nitrogen and oxygen atoms in total. The topological polar surface area (TPSA) is 59.2 Å². The van der Waals surface area contributed by atoms with Gasteiger partial charge in [-0.25, -0.2) is 0 Å². The van der Waals surface area contributed by atoms with E-state index in [1.165, 1.54) is 0 Å². The summed E-state index contributed by atoms with van der Waals surface area (Å²) in [5.41, 5.74) is 6.23. The summed E-state index contributed by atoms with van der Waals surface area (Å²) in [4.78, 5) is 18.4. The number of pyridine rings is 1. The van der Waals surface area contributed by atoms with E-state index in [4.69, 9.17) is 17.3 Å². The van der Waals surface area contributed by atoms with E-state index in [2.05, 4.69) is 9.88 Å². The van der Waals surface area contributed by atoms with E-state index in [0.29, 0.717) is 17.5 Å². The number of hydrogen-bond donors (Lipinski definition) is 1. The first kappa shape index (κ1) is 12.9. The zero-order chi connectivity index (χ0) is 13.5. The highest BCUT2D eigenvalue weighted by Crippen LogP contribution is 2.48. The van der Waals surface area contributed by atoms with Crippen molar-refractivity contribution in [3.05, 3.63) is 29.0 Å². The molecule has 102 valence electrons. The summed E-state index contributed by atoms with van der Waals surface area (Å²) in [6.07, 6.45) is 4.91. The number of primary amides is 1. The van der Waals surface area contributed by atoms with Crippen LogP contribution in [0.15, 0.2) is 18.3 Å². The van der Waals surface area contributed by atoms with Crippen LogP contribution in [0, 0.1) is 11.3 Å². The van der Waals surface area contributed by atoms with Crippen molar-refractivity contribution in [1.29, 1.82) is 0 Å². The van der Waals surface area contributed by atoms with Gasteiger partial charge in [0.2, 0.25) is 5.91 Å². The summed E-state index contributed by atoms with van der Waals surface area (Å²) in [5.74, 6) is 0.275. The van der Waals surface area contributed by atoms with Gasteiger partial charge in [0.15, 0.2) is 0 Å². The highest BCUT2D eigenvalue weighted by molar-refractivity contribution is 6.31. The average Bonchev–Trinajstić information content (AvgIpc) is 2.89. The standard InChI is InChI=1S/C14H18ClN3O/c15-11-4-2-6-17-12(11)8-18-7-10-3-1-5-14(10,9-18)13(16)19/h2,4,6,10H,1,3,5,7-9H2,(H2,16,19)/t10-,14-/m0/s1. The Morgan fingerprint density at radius 1 is 1.63 bits per heavy atom. The van der Waals surface area contributed by atoms with E-state index in [9.17, 15) is 4.79 Å². The van der Waals surface area contributed by atoms with E-state index in [1.807, 2.05) is 12.1 Å². The Labute approximate surface area is 117 Å². The second-order valence-corrected chi connectivity index (χ2v) is 6.12. The minimum absolute atomic E-state index is 0.135. The molecule has 5 heteroatoms. The fourth-order valence-corrected chi connectivity index (χ4v) is 3.84. The lowest BCUT2D eigenvalue weighted by Crippen LogP contribution is -2.40. The normalized spacial score (nSPS) is 30.5. The van der Waals surface area contributed by atoms with Crippen LogP contribution in [0.2, 0.25) is 5.02 Å². The summed E-state index contributed by atoms with van der Waals surface area (Å²) in [5, 5.41) is 0.688. The lowest BCUT2D eigenvalue weighted by atomic mass is 9.80. The summed E-state index contributed by atoms with van der Waals surface area (Å²) in [6, 6.07) is 3.68. The van der Waals surface area contributed by atoms with Gasteiger partial charge in [-0.05, 0) is 30.9 Å². The first-order valence-electron chi connectivity index (χ1n) is 6.73. The molecule has 2 atom stereocenters. The minimum Gasteiger partial charge on any atom is -0.369 e. The third-order valence-corrected chi connectivity index (χ3v) is 4.98. The number of nitrogens with zero attached hydrogens (tertiary/aromatic N) is 2. The van der Waals surface area contributed by atoms with Crippen LogP contribution in [0.3, 0.4) is 0 Å². The fraction of sp³-hybridized carbons (Fsp3) is 0.571. The maximum atomic E-state index is 11.8. The lowest BCUT2D eigenvalue weighted by molar-refractivity contribution is -0.128. The smallest absolute Gasteiger partial charge is 0.225 e. The van der Waals surface area contributed by atoms with Crippen LogP contribution in [-0.2, 0) is 11.3 Å². The van der Waals surface area contributed by atoms with Crippen molar-refractivity contribution in [2.24, 2.45) is 17.1 Å². The summed E-state index contributed by atoms with van der Waals surface area (Å²) in [6.45, 7) is 2.38. The van der Waals surface area contributed by atoms with Gasteiger partial charge in [0, 0.05) is 25.8 Å². The van der Waals surface area contributed by atoms with Crippen LogP contribution in [0.1, 0.15) is 25.0 Å². The van der Waals surface area contributed by atoms with Crippen molar-refractivity contribution in [3.8, 4) is 0 Å². The largest absolute Gasteiger partial charge is 0.369 e. The zero-order valence-electron chi connectivity index (χ0n) is 10.8. The molecule has 1 amide bonds. The lowest BCUT2D eigenvalue weighted by Gasteiger charge is -2.24. The highest BCUT2D eigenvalue weighted by atomic mass is 35.5. The number of halogens is 1. The molecule has 2 aliphatic rings. The molecule has 0 bridgehead atoms. The SMILES string of the molecule is NC(=O)[C@]12CCC[C@H]1CN(Cc1ncccc1Cl)C2. The van der Waals surface area contributed by atoms with Gasteiger partial charge in [0.05, 0.1) is 16.1 Å². The highest BCUT2D eigenvalue weighted by Gasteiger charge is 2.53. The molecule has 3 rings (SSSR count). The molecule has 1 aliphatic carbocycles. The first-order valence-corrected chi connectivity index (χ1v) is 7.11. The van der Waals surface area contributed by atoms with Gasteiger partial charge in [-0.2, -0.15) is 0 Å². The number of hydrogen-bond acceptors (Lipinski definition) is 3. The molecule has 0 radical (unpaired) electrons. The quantitative estimate of drug-likeness (QED) is 0.918. The first-order chi connectivity index (χ1) is 9.12. The van der Waals surface area contributed by atoms with Gasteiger partial charge in [-0.15, -0.1) is 0 Å². The number of amides is 1. The average molecular weight is 280 g/mol. The van der Waals surface area contributed by atoms with E-state index < -0.39 is 0 Å². The Hall–Kier alpha value is -1.13. The molecule has 0 spiro atoms. The maximum absolute atomic E-state index is 11.8. The van der Waals surface area contributed by atoms with Gasteiger partial charge in [0.25, 0.3) is 0 Å². The van der Waals surface area contributed by atoms with Gasteiger partial charge in [0.1, 0.15) is 0 Å². The summed E-state index contributed by atoms with van der Waals surface area (Å²) >= 11 is 6.14. The molecule has 1 aromatic heterocycles. The van der Waals surface area contributed by atoms with Crippen LogP contribution in [0.5, 0.6) is 0 Å². The van der Waals surface area contributed by atoms with Crippen molar-refractivity contribution in [2.45, 2.75) is 25.8 Å². The van der Waals surface area contributed by atoms with Crippen molar-refractivity contribution in [2.75, 3.05) is 13.1 Å². The summed E-state index contributed by atoms with van der Waals surface area (Å²) < 4.78 is 0. The van der Waals surface area contributed by atoms with E-state index in [-0.39, 0.29) is 11.3 Å². The Morgan fingerprint density at radius 2 is 2.47 bits per heavy atom. The number of carbonyl (C=O) groups is 1. The van der Waals surface area contributed by atoms with Gasteiger partial charge < -0.3 is 5.73 Å². The Bertz CT molecular complexity index is 507. The predicted octanol–water partition coefficient (Wildman–Crippen LogP) is 1.82. The Kier molecular flexibility index (Phi) is 3.23. The molecule has 2 N–H and O–H groups in total. The molecule has 2 heterocycles. The Morgan fingerprint density at radius 3 is 3.16 bits per heavy atom. The summed E-state index contributed by atoms with van der Waals surface area (Å²) in [7, 11) is 0. The van der Waals surface area contributed by atoms with Crippen LogP contribution in [0.4, 0.5) is 0 Å². The third kappa shape index (κ3) is 2.13. The van der Waals surface area contributed by atoms with Crippen LogP contribution in [0.25, 0.3) is 0 Å². The number of aromatic nitrogens is 1. The van der Waals surface area contributed by atoms with Crippen molar-refractivity contribution in [1.82, 2.24) is 9.88 Å². The second kappa shape index (κ2) is 4.76. The number of likely N-dealkylation sites (tertiary alicyclic amines) is 1. The third-order valence-electron chi connectivity index (χ3n) is 4.64. The van der Waals surface area contributed by atoms with Gasteiger partial charge >= 0.3 is 0 Å². The van der Waals surface area contributed by atoms with Gasteiger partial charge in [-0.1, -0.05) is 18.0 Å². The Balaban J connectivity index is 1.76. The molecule has 1 saturated heterocycles. The molecule has 0 unspecified atom stereocenters. The molecule has 2 fully saturated rings. The number of carbonyl (C=O) groups excluding carboxylic acids is 1. The van der Waals surface area contributed by atoms with Gasteiger partial charge in [-0.3, -0.25) is 14.7 Å². The molecular weight excluding hydrogens is 262 g/mol. The minimum atomic E-state index is -0.304. The van der Waals surface area contributed by atoms with Crippen molar-refractivity contribution >= 4 is 17.5 Å². The fourth-order valence-electron chi connectivity index (χ4n) is 3.66. The van der Waals surface area contributed by atoms with E-state index >= 15 is 0 Å². The van der Waals surface area contributed by atoms with Crippen LogP contribution in [-0.4, -0.2) is 28.9 Å². The molecule has 1 aliphatic heterocycles. The maximum Gasteiger partial charge on any atom is 0.225 e. The second-order valence-electron chi connectivity index (χ2n) is 5.71. The van der Waals surface area contributed by atoms with Crippen molar-refractivity contribution in [3.63, 3.8) is 0 Å². The molecular formula is C14H18ClN3O. The zero-order valence-corrected chi connectivity index (χ0v) is 11.6. The number of rotatable bonds is 3. The van der Waals surface area contributed by atoms with Crippen molar-refractivity contribution < 1.29 is 4.79 Å².